The molecule has 0 aliphatic heterocycles. The second-order valence-corrected chi connectivity index (χ2v) is 4.09. The number of nitrogens with zero attached hydrogens (tertiary/aromatic N) is 2. The van der Waals surface area contributed by atoms with E-state index in [-0.39, 0.29) is 0 Å². The molecule has 86 valence electrons. The van der Waals surface area contributed by atoms with Crippen LogP contribution in [0.15, 0.2) is 18.3 Å². The largest absolute Gasteiger partial charge is 0.310 e. The zero-order valence-corrected chi connectivity index (χ0v) is 10.0. The molecule has 0 saturated carbocycles. The number of pyridine rings is 1. The molecule has 3 nitrogen and oxygen atoms in total. The third kappa shape index (κ3) is 4.41. The van der Waals surface area contributed by atoms with E-state index in [1.807, 2.05) is 12.1 Å². The minimum atomic E-state index is 0.487. The van der Waals surface area contributed by atoms with Crippen molar-refractivity contribution in [2.24, 2.45) is 0 Å². The number of nitriles is 1. The summed E-state index contributed by atoms with van der Waals surface area (Å²) < 4.78 is 0. The van der Waals surface area contributed by atoms with Crippen molar-refractivity contribution in [3.05, 3.63) is 29.6 Å². The third-order valence-electron chi connectivity index (χ3n) is 2.58. The molecule has 16 heavy (non-hydrogen) atoms. The van der Waals surface area contributed by atoms with Gasteiger partial charge in [0.1, 0.15) is 11.8 Å². The number of rotatable bonds is 6. The predicted molar refractivity (Wildman–Crippen MR) is 64.8 cm³/mol. The summed E-state index contributed by atoms with van der Waals surface area (Å²) in [5.41, 5.74) is 1.61. The van der Waals surface area contributed by atoms with Crippen LogP contribution in [0.1, 0.15) is 44.4 Å². The zero-order valence-electron chi connectivity index (χ0n) is 10.0. The summed E-state index contributed by atoms with van der Waals surface area (Å²) in [5, 5.41) is 12.2. The average molecular weight is 217 g/mol. The Balaban J connectivity index is 2.39. The zero-order chi connectivity index (χ0) is 11.8. The lowest BCUT2D eigenvalue weighted by atomic mass is 10.1. The molecule has 0 radical (unpaired) electrons. The maximum Gasteiger partial charge on any atom is 0.140 e. The SMILES string of the molecule is CCCCC(C)NCc1ccnc(C#N)c1. The first-order valence-electron chi connectivity index (χ1n) is 5.84. The number of aromatic nitrogens is 1. The van der Waals surface area contributed by atoms with Gasteiger partial charge >= 0.3 is 0 Å². The van der Waals surface area contributed by atoms with E-state index in [0.29, 0.717) is 11.7 Å². The number of hydrogen-bond acceptors (Lipinski definition) is 3. The Morgan fingerprint density at radius 3 is 3.06 bits per heavy atom. The summed E-state index contributed by atoms with van der Waals surface area (Å²) in [6, 6.07) is 6.35. The fraction of sp³-hybridized carbons (Fsp3) is 0.538. The minimum absolute atomic E-state index is 0.487. The van der Waals surface area contributed by atoms with Crippen molar-refractivity contribution in [3.8, 4) is 6.07 Å². The summed E-state index contributed by atoms with van der Waals surface area (Å²) in [6.45, 7) is 5.21. The van der Waals surface area contributed by atoms with Crippen LogP contribution in [0.2, 0.25) is 0 Å². The Morgan fingerprint density at radius 2 is 2.38 bits per heavy atom. The lowest BCUT2D eigenvalue weighted by Gasteiger charge is -2.13. The van der Waals surface area contributed by atoms with Gasteiger partial charge < -0.3 is 5.32 Å². The van der Waals surface area contributed by atoms with Crippen LogP contribution in [0.25, 0.3) is 0 Å². The predicted octanol–water partition coefficient (Wildman–Crippen LogP) is 2.62. The van der Waals surface area contributed by atoms with Crippen LogP contribution in [0.4, 0.5) is 0 Å². The Kier molecular flexibility index (Phi) is 5.52. The lowest BCUT2D eigenvalue weighted by Crippen LogP contribution is -2.25. The maximum absolute atomic E-state index is 8.72. The second kappa shape index (κ2) is 6.97. The standard InChI is InChI=1S/C13H19N3/c1-3-4-5-11(2)16-10-12-6-7-15-13(8-12)9-14/h6-8,11,16H,3-5,10H2,1-2H3. The van der Waals surface area contributed by atoms with E-state index in [9.17, 15) is 0 Å². The highest BCUT2D eigenvalue weighted by Crippen LogP contribution is 2.03. The van der Waals surface area contributed by atoms with Gasteiger partial charge in [0.05, 0.1) is 0 Å². The molecule has 1 atom stereocenters. The molecule has 0 fully saturated rings. The molecule has 0 bridgehead atoms. The molecule has 0 saturated heterocycles. The van der Waals surface area contributed by atoms with E-state index in [1.54, 1.807) is 6.20 Å². The summed E-state index contributed by atoms with van der Waals surface area (Å²) in [7, 11) is 0. The molecule has 0 spiro atoms. The molecule has 1 aromatic rings. The molecule has 1 N–H and O–H groups in total. The first-order valence-corrected chi connectivity index (χ1v) is 5.84. The smallest absolute Gasteiger partial charge is 0.140 e. The quantitative estimate of drug-likeness (QED) is 0.796. The van der Waals surface area contributed by atoms with Crippen LogP contribution >= 0.6 is 0 Å². The van der Waals surface area contributed by atoms with Crippen LogP contribution < -0.4 is 5.32 Å². The van der Waals surface area contributed by atoms with E-state index < -0.39 is 0 Å². The molecular formula is C13H19N3. The van der Waals surface area contributed by atoms with Gasteiger partial charge in [-0.2, -0.15) is 5.26 Å². The molecule has 1 heterocycles. The fourth-order valence-corrected chi connectivity index (χ4v) is 1.55. The Bertz CT molecular complexity index is 354. The Morgan fingerprint density at radius 1 is 1.56 bits per heavy atom. The molecule has 0 aliphatic carbocycles. The number of nitrogens with one attached hydrogen (secondary N) is 1. The van der Waals surface area contributed by atoms with Crippen molar-refractivity contribution in [1.29, 1.82) is 5.26 Å². The fourth-order valence-electron chi connectivity index (χ4n) is 1.55. The highest BCUT2D eigenvalue weighted by molar-refractivity contribution is 5.25. The van der Waals surface area contributed by atoms with Crippen molar-refractivity contribution >= 4 is 0 Å². The molecule has 0 amide bonds. The van der Waals surface area contributed by atoms with Gasteiger partial charge in [0.2, 0.25) is 0 Å². The molecule has 1 unspecified atom stereocenters. The minimum Gasteiger partial charge on any atom is -0.310 e. The Hall–Kier alpha value is -1.40. The molecule has 0 aliphatic rings. The van der Waals surface area contributed by atoms with Crippen LogP contribution in [0.3, 0.4) is 0 Å². The summed E-state index contributed by atoms with van der Waals surface area (Å²) in [4.78, 5) is 3.95. The van der Waals surface area contributed by atoms with Crippen LogP contribution in [-0.4, -0.2) is 11.0 Å². The molecule has 3 heteroatoms. The highest BCUT2D eigenvalue weighted by Gasteiger charge is 2.01. The van der Waals surface area contributed by atoms with Crippen molar-refractivity contribution in [3.63, 3.8) is 0 Å². The topological polar surface area (TPSA) is 48.7 Å². The average Bonchev–Trinajstić information content (AvgIpc) is 2.34. The van der Waals surface area contributed by atoms with Crippen LogP contribution in [0.5, 0.6) is 0 Å². The number of hydrogen-bond donors (Lipinski definition) is 1. The van der Waals surface area contributed by atoms with Crippen molar-refractivity contribution in [1.82, 2.24) is 10.3 Å². The van der Waals surface area contributed by atoms with Gasteiger partial charge in [0, 0.05) is 18.8 Å². The van der Waals surface area contributed by atoms with Gasteiger partial charge in [-0.25, -0.2) is 4.98 Å². The van der Waals surface area contributed by atoms with Crippen molar-refractivity contribution in [2.45, 2.75) is 45.7 Å². The van der Waals surface area contributed by atoms with Crippen LogP contribution in [0, 0.1) is 11.3 Å². The third-order valence-corrected chi connectivity index (χ3v) is 2.58. The highest BCUT2D eigenvalue weighted by atomic mass is 14.9. The van der Waals surface area contributed by atoms with E-state index >= 15 is 0 Å². The van der Waals surface area contributed by atoms with Gasteiger partial charge in [-0.3, -0.25) is 0 Å². The van der Waals surface area contributed by atoms with E-state index in [0.717, 1.165) is 12.1 Å². The maximum atomic E-state index is 8.72. The van der Waals surface area contributed by atoms with E-state index in [4.69, 9.17) is 5.26 Å². The van der Waals surface area contributed by atoms with Crippen molar-refractivity contribution < 1.29 is 0 Å². The molecule has 0 aromatic carbocycles. The Labute approximate surface area is 97.5 Å². The van der Waals surface area contributed by atoms with E-state index in [2.05, 4.69) is 30.2 Å². The lowest BCUT2D eigenvalue weighted by molar-refractivity contribution is 0.495. The molecular weight excluding hydrogens is 198 g/mol. The summed E-state index contributed by atoms with van der Waals surface area (Å²) in [5.74, 6) is 0. The molecule has 1 aromatic heterocycles. The monoisotopic (exact) mass is 217 g/mol. The van der Waals surface area contributed by atoms with E-state index in [1.165, 1.54) is 19.3 Å². The van der Waals surface area contributed by atoms with Gasteiger partial charge in [0.25, 0.3) is 0 Å². The second-order valence-electron chi connectivity index (χ2n) is 4.09. The summed E-state index contributed by atoms with van der Waals surface area (Å²) in [6.07, 6.45) is 5.38. The number of unbranched alkanes of at least 4 members (excludes halogenated alkanes) is 1. The first kappa shape index (κ1) is 12.7. The van der Waals surface area contributed by atoms with Gasteiger partial charge in [-0.05, 0) is 31.0 Å². The van der Waals surface area contributed by atoms with Gasteiger partial charge in [-0.15, -0.1) is 0 Å². The van der Waals surface area contributed by atoms with Gasteiger partial charge in [0.15, 0.2) is 0 Å². The van der Waals surface area contributed by atoms with Gasteiger partial charge in [-0.1, -0.05) is 19.8 Å². The molecule has 1 rings (SSSR count). The van der Waals surface area contributed by atoms with Crippen molar-refractivity contribution in [2.75, 3.05) is 0 Å². The van der Waals surface area contributed by atoms with Crippen LogP contribution in [-0.2, 0) is 6.54 Å². The normalized spacial score (nSPS) is 12.1. The first-order chi connectivity index (χ1) is 7.76. The summed E-state index contributed by atoms with van der Waals surface area (Å²) >= 11 is 0.